The number of nitrogens with one attached hydrogen (secondary N) is 1. The van der Waals surface area contributed by atoms with Crippen LogP contribution in [-0.2, 0) is 24.8 Å². The second kappa shape index (κ2) is 6.61. The van der Waals surface area contributed by atoms with Gasteiger partial charge in [0.2, 0.25) is 15.9 Å². The average molecular weight is 473 g/mol. The van der Waals surface area contributed by atoms with Gasteiger partial charge in [0, 0.05) is 10.2 Å². The molecule has 10 heteroatoms. The van der Waals surface area contributed by atoms with E-state index >= 15 is 0 Å². The van der Waals surface area contributed by atoms with E-state index in [1.165, 1.54) is 24.3 Å². The Bertz CT molecular complexity index is 1110. The van der Waals surface area contributed by atoms with Crippen LogP contribution < -0.4 is 9.03 Å². The van der Waals surface area contributed by atoms with Gasteiger partial charge in [-0.3, -0.25) is 9.52 Å². The smallest absolute Gasteiger partial charge is 0.261 e. The highest BCUT2D eigenvalue weighted by Crippen LogP contribution is 2.36. The van der Waals surface area contributed by atoms with E-state index in [1.54, 1.807) is 38.1 Å². The summed E-state index contributed by atoms with van der Waals surface area (Å²) in [6.45, 7) is 3.13. The second-order valence-electron chi connectivity index (χ2n) is 6.82. The molecule has 1 heterocycles. The zero-order valence-electron chi connectivity index (χ0n) is 14.5. The Kier molecular flexibility index (Phi) is 4.86. The van der Waals surface area contributed by atoms with Crippen molar-refractivity contribution in [3.63, 3.8) is 0 Å². The van der Waals surface area contributed by atoms with Crippen LogP contribution >= 0.6 is 15.9 Å². The summed E-state index contributed by atoms with van der Waals surface area (Å²) in [5.41, 5.74) is -0.522. The third kappa shape index (κ3) is 3.87. The van der Waals surface area contributed by atoms with Crippen LogP contribution in [0.3, 0.4) is 0 Å². The molecular weight excluding hydrogens is 456 g/mol. The van der Waals surface area contributed by atoms with Gasteiger partial charge in [0.1, 0.15) is 0 Å². The fraction of sp³-hybridized carbons (Fsp3) is 0.235. The van der Waals surface area contributed by atoms with E-state index in [9.17, 15) is 21.6 Å². The number of anilines is 2. The Hall–Kier alpha value is -1.91. The normalized spacial score (nSPS) is 18.5. The summed E-state index contributed by atoms with van der Waals surface area (Å²) < 4.78 is 53.6. The summed E-state index contributed by atoms with van der Waals surface area (Å²) >= 11 is 3.27. The summed E-state index contributed by atoms with van der Waals surface area (Å²) in [5.74, 6) is -0.825. The fourth-order valence-electron chi connectivity index (χ4n) is 2.79. The van der Waals surface area contributed by atoms with E-state index in [4.69, 9.17) is 0 Å². The molecule has 1 aliphatic heterocycles. The lowest BCUT2D eigenvalue weighted by Crippen LogP contribution is -2.32. The van der Waals surface area contributed by atoms with Crippen LogP contribution in [0.25, 0.3) is 0 Å². The molecule has 1 fully saturated rings. The van der Waals surface area contributed by atoms with Crippen molar-refractivity contribution in [2.45, 2.75) is 18.7 Å². The van der Waals surface area contributed by atoms with Crippen LogP contribution in [-0.4, -0.2) is 28.5 Å². The van der Waals surface area contributed by atoms with E-state index in [2.05, 4.69) is 20.7 Å². The zero-order valence-corrected chi connectivity index (χ0v) is 17.7. The number of hydrogen-bond acceptors (Lipinski definition) is 5. The first-order valence-corrected chi connectivity index (χ1v) is 11.8. The van der Waals surface area contributed by atoms with Crippen LogP contribution in [0.15, 0.2) is 57.9 Å². The molecule has 2 aromatic rings. The lowest BCUT2D eigenvalue weighted by molar-refractivity contribution is -0.123. The van der Waals surface area contributed by atoms with Crippen molar-refractivity contribution in [3.8, 4) is 0 Å². The summed E-state index contributed by atoms with van der Waals surface area (Å²) in [4.78, 5) is 12.4. The number of carbonyl (C=O) groups is 1. The van der Waals surface area contributed by atoms with Gasteiger partial charge in [-0.25, -0.2) is 21.1 Å². The van der Waals surface area contributed by atoms with Crippen LogP contribution in [0, 0.1) is 5.41 Å². The lowest BCUT2D eigenvalue weighted by Gasteiger charge is -2.17. The molecule has 0 unspecified atom stereocenters. The summed E-state index contributed by atoms with van der Waals surface area (Å²) in [6, 6.07) is 11.8. The van der Waals surface area contributed by atoms with E-state index < -0.39 is 31.4 Å². The largest absolute Gasteiger partial charge is 0.280 e. The molecule has 0 radical (unpaired) electrons. The maximum absolute atomic E-state index is 12.5. The quantitative estimate of drug-likeness (QED) is 0.736. The van der Waals surface area contributed by atoms with Gasteiger partial charge in [0.15, 0.2) is 0 Å². The third-order valence-corrected chi connectivity index (χ3v) is 7.95. The third-order valence-electron chi connectivity index (χ3n) is 4.04. The van der Waals surface area contributed by atoms with Crippen molar-refractivity contribution in [3.05, 3.63) is 53.0 Å². The summed E-state index contributed by atoms with van der Waals surface area (Å²) in [6.07, 6.45) is 0. The molecular formula is C17H17BrN2O5S2. The Labute approximate surface area is 166 Å². The van der Waals surface area contributed by atoms with Crippen LogP contribution in [0.1, 0.15) is 13.8 Å². The molecule has 0 aromatic heterocycles. The number of sulfonamides is 2. The van der Waals surface area contributed by atoms with E-state index in [0.29, 0.717) is 5.69 Å². The highest BCUT2D eigenvalue weighted by Gasteiger charge is 2.49. The van der Waals surface area contributed by atoms with Crippen molar-refractivity contribution < 1.29 is 21.6 Å². The standard InChI is InChI=1S/C17H17BrN2O5S2/c1-17(2)11-26(22,23)20(16(17)21)14-6-8-15(9-7-14)27(24,25)19-13-5-3-4-12(18)10-13/h3-10,19H,11H2,1-2H3. The molecule has 7 nitrogen and oxygen atoms in total. The highest BCUT2D eigenvalue weighted by atomic mass is 79.9. The molecule has 27 heavy (non-hydrogen) atoms. The first kappa shape index (κ1) is 19.8. The minimum atomic E-state index is -3.86. The maximum Gasteiger partial charge on any atom is 0.261 e. The molecule has 1 aliphatic rings. The minimum absolute atomic E-state index is 0.0467. The number of carbonyl (C=O) groups excluding carboxylic acids is 1. The number of nitrogens with zero attached hydrogens (tertiary/aromatic N) is 1. The van der Waals surface area contributed by atoms with Crippen LogP contribution in [0.4, 0.5) is 11.4 Å². The van der Waals surface area contributed by atoms with Gasteiger partial charge >= 0.3 is 0 Å². The Morgan fingerprint density at radius 2 is 1.74 bits per heavy atom. The summed E-state index contributed by atoms with van der Waals surface area (Å²) in [5, 5.41) is 0. The predicted molar refractivity (Wildman–Crippen MR) is 106 cm³/mol. The Morgan fingerprint density at radius 1 is 1.11 bits per heavy atom. The first-order chi connectivity index (χ1) is 12.4. The molecule has 0 bridgehead atoms. The van der Waals surface area contributed by atoms with Gasteiger partial charge < -0.3 is 0 Å². The second-order valence-corrected chi connectivity index (χ2v) is 11.2. The number of amides is 1. The minimum Gasteiger partial charge on any atom is -0.280 e. The molecule has 0 atom stereocenters. The molecule has 0 spiro atoms. The zero-order chi connectivity index (χ0) is 20.0. The average Bonchev–Trinajstić information content (AvgIpc) is 2.70. The Morgan fingerprint density at radius 3 is 2.26 bits per heavy atom. The molecule has 0 aliphatic carbocycles. The van der Waals surface area contributed by atoms with Crippen molar-refractivity contribution in [2.24, 2.45) is 5.41 Å². The van der Waals surface area contributed by atoms with Gasteiger partial charge in [-0.1, -0.05) is 22.0 Å². The fourth-order valence-corrected chi connectivity index (χ4v) is 6.34. The van der Waals surface area contributed by atoms with Crippen molar-refractivity contribution in [1.82, 2.24) is 0 Å². The molecule has 2 aromatic carbocycles. The molecule has 1 amide bonds. The number of benzene rings is 2. The van der Waals surface area contributed by atoms with Gasteiger partial charge in [0.05, 0.1) is 21.8 Å². The first-order valence-electron chi connectivity index (χ1n) is 7.88. The summed E-state index contributed by atoms with van der Waals surface area (Å²) in [7, 11) is -7.64. The monoisotopic (exact) mass is 472 g/mol. The lowest BCUT2D eigenvalue weighted by atomic mass is 9.95. The number of rotatable bonds is 4. The number of hydrogen-bond donors (Lipinski definition) is 1. The van der Waals surface area contributed by atoms with Gasteiger partial charge in [0.25, 0.3) is 10.0 Å². The van der Waals surface area contributed by atoms with Gasteiger partial charge in [-0.05, 0) is 56.3 Å². The van der Waals surface area contributed by atoms with E-state index in [1.807, 2.05) is 0 Å². The van der Waals surface area contributed by atoms with Crippen LogP contribution in [0.2, 0.25) is 0 Å². The predicted octanol–water partition coefficient (Wildman–Crippen LogP) is 2.95. The van der Waals surface area contributed by atoms with Crippen molar-refractivity contribution in [2.75, 3.05) is 14.8 Å². The van der Waals surface area contributed by atoms with Crippen molar-refractivity contribution in [1.29, 1.82) is 0 Å². The maximum atomic E-state index is 12.5. The molecule has 1 N–H and O–H groups in total. The van der Waals surface area contributed by atoms with Crippen molar-refractivity contribution >= 4 is 53.3 Å². The highest BCUT2D eigenvalue weighted by molar-refractivity contribution is 9.10. The van der Waals surface area contributed by atoms with Crippen LogP contribution in [0.5, 0.6) is 0 Å². The van der Waals surface area contributed by atoms with E-state index in [0.717, 1.165) is 8.78 Å². The van der Waals surface area contributed by atoms with Gasteiger partial charge in [-0.2, -0.15) is 0 Å². The van der Waals surface area contributed by atoms with E-state index in [-0.39, 0.29) is 16.3 Å². The molecule has 3 rings (SSSR count). The molecule has 144 valence electrons. The number of halogens is 1. The molecule has 1 saturated heterocycles. The van der Waals surface area contributed by atoms with Gasteiger partial charge in [-0.15, -0.1) is 0 Å². The SMILES string of the molecule is CC1(C)CS(=O)(=O)N(c2ccc(S(=O)(=O)Nc3cccc(Br)c3)cc2)C1=O. The molecule has 0 saturated carbocycles. The Balaban J connectivity index is 1.90. The topological polar surface area (TPSA) is 101 Å².